The van der Waals surface area contributed by atoms with E-state index >= 15 is 0 Å². The summed E-state index contributed by atoms with van der Waals surface area (Å²) in [5, 5.41) is 0.791. The highest BCUT2D eigenvalue weighted by Gasteiger charge is 2.41. The van der Waals surface area contributed by atoms with Gasteiger partial charge in [0.15, 0.2) is 0 Å². The third-order valence-corrected chi connectivity index (χ3v) is 7.97. The lowest BCUT2D eigenvalue weighted by Gasteiger charge is -2.34. The third kappa shape index (κ3) is 3.38. The molecule has 3 aromatic carbocycles. The van der Waals surface area contributed by atoms with E-state index in [0.717, 1.165) is 29.8 Å². The van der Waals surface area contributed by atoms with Crippen molar-refractivity contribution >= 4 is 23.3 Å². The number of carbonyl (C=O) groups is 1. The average Bonchev–Trinajstić information content (AvgIpc) is 3.30. The Morgan fingerprint density at radius 2 is 1.61 bits per heavy atom. The van der Waals surface area contributed by atoms with Crippen LogP contribution in [0.3, 0.4) is 0 Å². The Hall–Kier alpha value is -3.04. The molecule has 166 valence electrons. The van der Waals surface area contributed by atoms with E-state index in [1.807, 2.05) is 17.0 Å². The molecule has 0 radical (unpaired) electrons. The number of amides is 1. The van der Waals surface area contributed by atoms with Crippen LogP contribution in [0.25, 0.3) is 16.7 Å². The van der Waals surface area contributed by atoms with E-state index in [9.17, 15) is 4.79 Å². The van der Waals surface area contributed by atoms with Gasteiger partial charge in [0.1, 0.15) is 6.61 Å². The van der Waals surface area contributed by atoms with Crippen LogP contribution in [0.2, 0.25) is 5.02 Å². The number of hydrogen-bond acceptors (Lipinski definition) is 2. The molecule has 1 saturated heterocycles. The van der Waals surface area contributed by atoms with Crippen molar-refractivity contribution in [3.05, 3.63) is 100 Å². The molecule has 2 unspecified atom stereocenters. The summed E-state index contributed by atoms with van der Waals surface area (Å²) in [6, 6.07) is 23.2. The van der Waals surface area contributed by atoms with Crippen LogP contribution in [0, 0.1) is 6.92 Å². The highest BCUT2D eigenvalue weighted by atomic mass is 35.5. The van der Waals surface area contributed by atoms with E-state index in [4.69, 9.17) is 16.3 Å². The first-order valence-electron chi connectivity index (χ1n) is 11.7. The number of rotatable bonds is 3. The zero-order valence-corrected chi connectivity index (χ0v) is 19.4. The van der Waals surface area contributed by atoms with Gasteiger partial charge in [-0.3, -0.25) is 4.90 Å². The molecule has 2 aliphatic heterocycles. The molecule has 2 atom stereocenters. The summed E-state index contributed by atoms with van der Waals surface area (Å²) in [7, 11) is 0. The van der Waals surface area contributed by atoms with Crippen LogP contribution in [-0.4, -0.2) is 29.7 Å². The zero-order chi connectivity index (χ0) is 22.5. The number of carbonyl (C=O) groups excluding carboxylic acids is 1. The zero-order valence-electron chi connectivity index (χ0n) is 18.6. The number of fused-ring (bicyclic) bond motifs is 5. The highest BCUT2D eigenvalue weighted by molar-refractivity contribution is 6.31. The van der Waals surface area contributed by atoms with Gasteiger partial charge in [-0.15, -0.1) is 0 Å². The predicted molar refractivity (Wildman–Crippen MR) is 133 cm³/mol. The van der Waals surface area contributed by atoms with Gasteiger partial charge in [-0.25, -0.2) is 4.79 Å². The third-order valence-electron chi connectivity index (χ3n) is 7.56. The summed E-state index contributed by atoms with van der Waals surface area (Å²) in [6.07, 6.45) is 4.90. The minimum atomic E-state index is -0.192. The van der Waals surface area contributed by atoms with E-state index in [2.05, 4.69) is 67.6 Å². The first-order chi connectivity index (χ1) is 16.1. The van der Waals surface area contributed by atoms with E-state index < -0.39 is 0 Å². The van der Waals surface area contributed by atoms with Crippen molar-refractivity contribution in [1.82, 2.24) is 4.90 Å². The normalized spacial score (nSPS) is 20.9. The maximum absolute atomic E-state index is 13.3. The van der Waals surface area contributed by atoms with Crippen molar-refractivity contribution < 1.29 is 9.53 Å². The van der Waals surface area contributed by atoms with Gasteiger partial charge in [0.2, 0.25) is 0 Å². The van der Waals surface area contributed by atoms with Gasteiger partial charge in [0.05, 0.1) is 6.04 Å². The number of hydrogen-bond donors (Lipinski definition) is 0. The predicted octanol–water partition coefficient (Wildman–Crippen LogP) is 7.22. The van der Waals surface area contributed by atoms with Crippen molar-refractivity contribution in [3.63, 3.8) is 0 Å². The van der Waals surface area contributed by atoms with E-state index in [1.54, 1.807) is 0 Å². The molecule has 33 heavy (non-hydrogen) atoms. The summed E-state index contributed by atoms with van der Waals surface area (Å²) >= 11 is 6.36. The Labute approximate surface area is 199 Å². The van der Waals surface area contributed by atoms with Crippen LogP contribution in [-0.2, 0) is 4.74 Å². The van der Waals surface area contributed by atoms with Crippen LogP contribution in [0.15, 0.2) is 72.8 Å². The quantitative estimate of drug-likeness (QED) is 0.417. The fourth-order valence-corrected chi connectivity index (χ4v) is 6.11. The maximum atomic E-state index is 13.3. The molecule has 3 aliphatic rings. The van der Waals surface area contributed by atoms with Crippen LogP contribution in [0.5, 0.6) is 0 Å². The first-order valence-corrected chi connectivity index (χ1v) is 12.1. The summed E-state index contributed by atoms with van der Waals surface area (Å²) in [5.41, 5.74) is 8.59. The number of halogens is 1. The molecule has 1 fully saturated rings. The average molecular weight is 456 g/mol. The Morgan fingerprint density at radius 3 is 2.30 bits per heavy atom. The Bertz CT molecular complexity index is 1230. The molecular weight excluding hydrogens is 430 g/mol. The first kappa shape index (κ1) is 20.6. The maximum Gasteiger partial charge on any atom is 0.410 e. The number of benzene rings is 3. The molecule has 0 saturated carbocycles. The van der Waals surface area contributed by atoms with E-state index in [1.165, 1.54) is 33.4 Å². The SMILES string of the molecule is Cc1c(Cl)cccc1C1=CC2CCC(C1)N2C(=O)OCC1c2ccccc2-c2ccccc21. The molecular formula is C29H26ClNO2. The largest absolute Gasteiger partial charge is 0.448 e. The van der Waals surface area contributed by atoms with Crippen LogP contribution in [0.4, 0.5) is 4.79 Å². The van der Waals surface area contributed by atoms with Gasteiger partial charge in [-0.1, -0.05) is 78.3 Å². The summed E-state index contributed by atoms with van der Waals surface area (Å²) < 4.78 is 5.98. The summed E-state index contributed by atoms with van der Waals surface area (Å²) in [6.45, 7) is 2.44. The van der Waals surface area contributed by atoms with Gasteiger partial charge in [0, 0.05) is 17.0 Å². The van der Waals surface area contributed by atoms with E-state index in [0.29, 0.717) is 6.61 Å². The highest BCUT2D eigenvalue weighted by Crippen LogP contribution is 2.45. The lowest BCUT2D eigenvalue weighted by Crippen LogP contribution is -2.43. The molecule has 4 heteroatoms. The van der Waals surface area contributed by atoms with Crippen molar-refractivity contribution in [3.8, 4) is 11.1 Å². The topological polar surface area (TPSA) is 29.5 Å². The Kier molecular flexibility index (Phi) is 5.03. The summed E-state index contributed by atoms with van der Waals surface area (Å²) in [4.78, 5) is 15.2. The smallest absolute Gasteiger partial charge is 0.410 e. The number of ether oxygens (including phenoxy) is 1. The molecule has 2 heterocycles. The van der Waals surface area contributed by atoms with Crippen molar-refractivity contribution in [2.75, 3.05) is 6.61 Å². The molecule has 1 amide bonds. The second kappa shape index (κ2) is 8.07. The van der Waals surface area contributed by atoms with Crippen LogP contribution >= 0.6 is 11.6 Å². The minimum absolute atomic E-state index is 0.0870. The van der Waals surface area contributed by atoms with Gasteiger partial charge in [0.25, 0.3) is 0 Å². The van der Waals surface area contributed by atoms with Crippen molar-refractivity contribution in [2.24, 2.45) is 0 Å². The lowest BCUT2D eigenvalue weighted by atomic mass is 9.92. The fourth-order valence-electron chi connectivity index (χ4n) is 5.94. The van der Waals surface area contributed by atoms with Gasteiger partial charge < -0.3 is 4.74 Å². The van der Waals surface area contributed by atoms with Gasteiger partial charge >= 0.3 is 6.09 Å². The Balaban J connectivity index is 1.21. The molecule has 3 aromatic rings. The lowest BCUT2D eigenvalue weighted by molar-refractivity contribution is 0.0866. The molecule has 6 rings (SSSR count). The van der Waals surface area contributed by atoms with Crippen LogP contribution < -0.4 is 0 Å². The van der Waals surface area contributed by atoms with Crippen LogP contribution in [0.1, 0.15) is 47.4 Å². The van der Waals surface area contributed by atoms with Gasteiger partial charge in [-0.2, -0.15) is 0 Å². The molecule has 2 bridgehead atoms. The second-order valence-electron chi connectivity index (χ2n) is 9.32. The van der Waals surface area contributed by atoms with Gasteiger partial charge in [-0.05, 0) is 71.2 Å². The fraction of sp³-hybridized carbons (Fsp3) is 0.276. The molecule has 3 nitrogen and oxygen atoms in total. The van der Waals surface area contributed by atoms with Crippen molar-refractivity contribution in [2.45, 2.75) is 44.2 Å². The molecule has 0 N–H and O–H groups in total. The Morgan fingerprint density at radius 1 is 0.939 bits per heavy atom. The second-order valence-corrected chi connectivity index (χ2v) is 9.73. The summed E-state index contributed by atoms with van der Waals surface area (Å²) in [5.74, 6) is 0.0870. The molecule has 0 spiro atoms. The molecule has 1 aliphatic carbocycles. The molecule has 0 aromatic heterocycles. The minimum Gasteiger partial charge on any atom is -0.448 e. The van der Waals surface area contributed by atoms with Crippen molar-refractivity contribution in [1.29, 1.82) is 0 Å². The monoisotopic (exact) mass is 455 g/mol. The standard InChI is InChI=1S/C29H26ClNO2/c1-18-22(11-6-12-28(18)30)19-15-20-13-14-21(16-19)31(20)29(32)33-17-27-25-9-4-2-7-23(25)24-8-3-5-10-26(24)27/h2-12,15,20-21,27H,13-14,16-17H2,1H3. The number of nitrogens with zero attached hydrogens (tertiary/aromatic N) is 1. The van der Waals surface area contributed by atoms with E-state index in [-0.39, 0.29) is 24.1 Å².